The molecule has 0 fully saturated rings. The van der Waals surface area contributed by atoms with E-state index in [0.717, 1.165) is 36.5 Å². The lowest BCUT2D eigenvalue weighted by Crippen LogP contribution is -2.15. The molecular formula is C44H51N3O4. The lowest BCUT2D eigenvalue weighted by molar-refractivity contribution is 0.0423. The average Bonchev–Trinajstić information content (AvgIpc) is 3.16. The number of fused-ring (bicyclic) bond motifs is 2. The summed E-state index contributed by atoms with van der Waals surface area (Å²) in [5, 5.41) is 26.2. The Morgan fingerprint density at radius 1 is 0.647 bits per heavy atom. The van der Waals surface area contributed by atoms with E-state index in [-0.39, 0.29) is 11.3 Å². The minimum absolute atomic E-state index is 0.0682. The highest BCUT2D eigenvalue weighted by molar-refractivity contribution is 6.14. The van der Waals surface area contributed by atoms with Gasteiger partial charge in [0.15, 0.2) is 0 Å². The number of nitrogens with zero attached hydrogens (tertiary/aromatic N) is 2. The number of phenolic OH excluding ortho intramolecular Hbond substituents is 1. The summed E-state index contributed by atoms with van der Waals surface area (Å²) < 4.78 is 5.93. The molecule has 0 radical (unpaired) electrons. The van der Waals surface area contributed by atoms with Gasteiger partial charge in [0.1, 0.15) is 11.4 Å². The monoisotopic (exact) mass is 685 g/mol. The van der Waals surface area contributed by atoms with Crippen LogP contribution in [0.3, 0.4) is 0 Å². The zero-order valence-electron chi connectivity index (χ0n) is 30.1. The topological polar surface area (TPSA) is 100 Å². The van der Waals surface area contributed by atoms with Crippen molar-refractivity contribution in [2.45, 2.75) is 90.9 Å². The molecule has 7 heteroatoms. The van der Waals surface area contributed by atoms with E-state index in [0.29, 0.717) is 45.9 Å². The molecule has 1 unspecified atom stereocenters. The first-order chi connectivity index (χ1) is 25.0. The van der Waals surface area contributed by atoms with Gasteiger partial charge < -0.3 is 15.2 Å². The number of nitrogens with one attached hydrogen (secondary N) is 1. The Morgan fingerprint density at radius 3 is 2.00 bits per heavy atom. The number of phenols is 1. The maximum Gasteiger partial charge on any atom is 0.340 e. The van der Waals surface area contributed by atoms with E-state index in [1.54, 1.807) is 36.4 Å². The lowest BCUT2D eigenvalue weighted by Gasteiger charge is -2.17. The molecule has 2 N–H and O–H groups in total. The second kappa shape index (κ2) is 19.4. The van der Waals surface area contributed by atoms with Crippen LogP contribution in [0.4, 0.5) is 17.1 Å². The first-order valence-corrected chi connectivity index (χ1v) is 18.7. The zero-order valence-corrected chi connectivity index (χ0v) is 30.1. The number of esters is 1. The number of aromatic hydroxyl groups is 1. The van der Waals surface area contributed by atoms with Gasteiger partial charge in [-0.2, -0.15) is 0 Å². The molecule has 0 aromatic heterocycles. The van der Waals surface area contributed by atoms with Gasteiger partial charge in [-0.25, -0.2) is 4.79 Å². The Kier molecular flexibility index (Phi) is 14.1. The number of carbonyl (C=O) groups excluding carboxylic acids is 2. The van der Waals surface area contributed by atoms with Crippen molar-refractivity contribution in [2.75, 3.05) is 11.9 Å². The molecule has 0 aliphatic carbocycles. The van der Waals surface area contributed by atoms with Crippen LogP contribution in [0.2, 0.25) is 0 Å². The van der Waals surface area contributed by atoms with Gasteiger partial charge in [-0.05, 0) is 48.4 Å². The predicted octanol–water partition coefficient (Wildman–Crippen LogP) is 12.9. The third-order valence-corrected chi connectivity index (χ3v) is 9.55. The summed E-state index contributed by atoms with van der Waals surface area (Å²) in [6.07, 6.45) is 14.4. The van der Waals surface area contributed by atoms with E-state index in [2.05, 4.69) is 29.4 Å². The normalized spacial score (nSPS) is 12.0. The van der Waals surface area contributed by atoms with Gasteiger partial charge in [0.2, 0.25) is 0 Å². The van der Waals surface area contributed by atoms with E-state index in [1.807, 2.05) is 54.6 Å². The van der Waals surface area contributed by atoms with Gasteiger partial charge in [0, 0.05) is 21.8 Å². The summed E-state index contributed by atoms with van der Waals surface area (Å²) in [6, 6.07) is 29.2. The number of ether oxygens (including phenoxy) is 1. The molecule has 0 aliphatic heterocycles. The zero-order chi connectivity index (χ0) is 35.8. The molecule has 1 atom stereocenters. The first-order valence-electron chi connectivity index (χ1n) is 18.7. The molecule has 7 nitrogen and oxygen atoms in total. The van der Waals surface area contributed by atoms with Crippen molar-refractivity contribution >= 4 is 50.5 Å². The van der Waals surface area contributed by atoms with E-state index in [9.17, 15) is 14.7 Å². The molecule has 266 valence electrons. The van der Waals surface area contributed by atoms with Crippen LogP contribution in [0.15, 0.2) is 107 Å². The van der Waals surface area contributed by atoms with Gasteiger partial charge in [0.05, 0.1) is 23.4 Å². The number of anilines is 1. The molecule has 51 heavy (non-hydrogen) atoms. The number of hydrogen-bond donors (Lipinski definition) is 2. The predicted molar refractivity (Wildman–Crippen MR) is 209 cm³/mol. The van der Waals surface area contributed by atoms with E-state index >= 15 is 0 Å². The summed E-state index contributed by atoms with van der Waals surface area (Å²) in [7, 11) is 0. The third kappa shape index (κ3) is 10.3. The Balaban J connectivity index is 1.33. The second-order valence-corrected chi connectivity index (χ2v) is 13.4. The van der Waals surface area contributed by atoms with Crippen LogP contribution in [0.5, 0.6) is 5.75 Å². The Morgan fingerprint density at radius 2 is 1.24 bits per heavy atom. The van der Waals surface area contributed by atoms with Gasteiger partial charge in [0.25, 0.3) is 5.91 Å². The van der Waals surface area contributed by atoms with Crippen molar-refractivity contribution < 1.29 is 19.4 Å². The van der Waals surface area contributed by atoms with Crippen LogP contribution in [0.25, 0.3) is 21.5 Å². The first kappa shape index (κ1) is 37.2. The standard InChI is InChI=1S/C44H51N3O4/c1-3-5-7-9-10-12-21-32(20-11-8-6-4-2)31-51-44(50)37-27-17-18-28-40(37)46-47-41-30-38(42(48)36-26-16-15-25-35(36)41)43(49)45-39-29-19-23-33-22-13-14-24-34(33)39/h13-19,22-30,32,48H,3-12,20-21,31H2,1-2H3,(H,45,49). The summed E-state index contributed by atoms with van der Waals surface area (Å²) >= 11 is 0. The number of rotatable bonds is 19. The molecule has 0 saturated carbocycles. The second-order valence-electron chi connectivity index (χ2n) is 13.4. The quantitative estimate of drug-likeness (QED) is 0.0513. The Bertz CT molecular complexity index is 1930. The van der Waals surface area contributed by atoms with Gasteiger partial charge in [-0.3, -0.25) is 4.79 Å². The van der Waals surface area contributed by atoms with E-state index in [1.165, 1.54) is 57.4 Å². The summed E-state index contributed by atoms with van der Waals surface area (Å²) in [5.74, 6) is -0.693. The van der Waals surface area contributed by atoms with Gasteiger partial charge >= 0.3 is 5.97 Å². The number of amides is 1. The highest BCUT2D eigenvalue weighted by Gasteiger charge is 2.20. The number of unbranched alkanes of at least 4 members (excludes halogenated alkanes) is 8. The lowest BCUT2D eigenvalue weighted by atomic mass is 9.95. The molecule has 0 aliphatic rings. The van der Waals surface area contributed by atoms with Crippen molar-refractivity contribution in [3.8, 4) is 5.75 Å². The highest BCUT2D eigenvalue weighted by atomic mass is 16.5. The minimum Gasteiger partial charge on any atom is -0.506 e. The SMILES string of the molecule is CCCCCCCCC(CCCCCC)COC(=O)c1ccccc1N=Nc1cc(C(=O)Nc2cccc3ccccc23)c(O)c2ccccc12. The van der Waals surface area contributed by atoms with E-state index < -0.39 is 11.9 Å². The number of hydrogen-bond acceptors (Lipinski definition) is 6. The van der Waals surface area contributed by atoms with Crippen LogP contribution in [0.1, 0.15) is 112 Å². The van der Waals surface area contributed by atoms with Crippen LogP contribution < -0.4 is 5.32 Å². The van der Waals surface area contributed by atoms with Crippen LogP contribution in [-0.4, -0.2) is 23.6 Å². The van der Waals surface area contributed by atoms with Crippen LogP contribution in [0, 0.1) is 5.92 Å². The van der Waals surface area contributed by atoms with Crippen molar-refractivity contribution in [2.24, 2.45) is 16.1 Å². The summed E-state index contributed by atoms with van der Waals surface area (Å²) in [4.78, 5) is 27.1. The highest BCUT2D eigenvalue weighted by Crippen LogP contribution is 2.38. The van der Waals surface area contributed by atoms with Gasteiger partial charge in [-0.15, -0.1) is 10.2 Å². The van der Waals surface area contributed by atoms with Gasteiger partial charge in [-0.1, -0.05) is 151 Å². The molecule has 0 heterocycles. The third-order valence-electron chi connectivity index (χ3n) is 9.55. The van der Waals surface area contributed by atoms with Crippen molar-refractivity contribution in [3.05, 3.63) is 108 Å². The van der Waals surface area contributed by atoms with Crippen molar-refractivity contribution in [1.82, 2.24) is 0 Å². The fourth-order valence-corrected chi connectivity index (χ4v) is 6.62. The number of benzene rings is 5. The Hall–Kier alpha value is -5.04. The van der Waals surface area contributed by atoms with Crippen molar-refractivity contribution in [1.29, 1.82) is 0 Å². The molecule has 5 aromatic rings. The molecular weight excluding hydrogens is 635 g/mol. The molecule has 0 bridgehead atoms. The molecule has 5 aromatic carbocycles. The fourth-order valence-electron chi connectivity index (χ4n) is 6.62. The number of azo groups is 1. The Labute approximate surface area is 302 Å². The summed E-state index contributed by atoms with van der Waals surface area (Å²) in [6.45, 7) is 4.85. The number of carbonyl (C=O) groups is 2. The van der Waals surface area contributed by atoms with Crippen LogP contribution >= 0.6 is 0 Å². The van der Waals surface area contributed by atoms with E-state index in [4.69, 9.17) is 4.74 Å². The molecule has 0 spiro atoms. The smallest absolute Gasteiger partial charge is 0.340 e. The van der Waals surface area contributed by atoms with Crippen molar-refractivity contribution in [3.63, 3.8) is 0 Å². The maximum atomic E-state index is 13.6. The minimum atomic E-state index is -0.472. The molecule has 0 saturated heterocycles. The molecule has 1 amide bonds. The average molecular weight is 686 g/mol. The largest absolute Gasteiger partial charge is 0.506 e. The molecule has 5 rings (SSSR count). The summed E-state index contributed by atoms with van der Waals surface area (Å²) in [5.41, 5.74) is 1.80. The van der Waals surface area contributed by atoms with Crippen LogP contribution in [-0.2, 0) is 4.74 Å². The fraction of sp³-hybridized carbons (Fsp3) is 0.364. The maximum absolute atomic E-state index is 13.6.